The monoisotopic (exact) mass is 682 g/mol. The smallest absolute Gasteiger partial charge is 0.261 e. The third-order valence-corrected chi connectivity index (χ3v) is 13.2. The van der Waals surface area contributed by atoms with E-state index >= 15 is 4.57 Å². The maximum Gasteiger partial charge on any atom is 0.261 e. The zero-order valence-corrected chi connectivity index (χ0v) is 30.0. The number of hydrogen-bond donors (Lipinski definition) is 0. The lowest BCUT2D eigenvalue weighted by Crippen LogP contribution is -2.19. The van der Waals surface area contributed by atoms with Gasteiger partial charge in [0, 0.05) is 49.6 Å². The Hall–Kier alpha value is -5.28. The van der Waals surface area contributed by atoms with E-state index in [4.69, 9.17) is 9.51 Å². The standard InChI is InChI=1S/C46H39N2O2P/c1-4-5-27-50-51(49,34-21-19-32(20-22-34)45-36-16-10-9-13-31(36)25-26-47-45)35-23-24-43-39(28-35)40-29-38-37-17-11-12-18-41(37)46(2,3)42(38)30-44(40)48(43)33-14-7-6-8-15-33/h6-26,28-30H,4-5,27H2,1-3H3. The highest BCUT2D eigenvalue weighted by molar-refractivity contribution is 7.74. The average Bonchev–Trinajstić information content (AvgIpc) is 3.61. The van der Waals surface area contributed by atoms with Gasteiger partial charge in [0.2, 0.25) is 0 Å². The number of para-hydroxylation sites is 1. The summed E-state index contributed by atoms with van der Waals surface area (Å²) in [6, 6.07) is 48.6. The second-order valence-corrected chi connectivity index (χ2v) is 16.5. The Labute approximate surface area is 298 Å². The van der Waals surface area contributed by atoms with Crippen LogP contribution in [-0.2, 0) is 14.5 Å². The summed E-state index contributed by atoms with van der Waals surface area (Å²) in [7, 11) is -3.48. The van der Waals surface area contributed by atoms with Crippen molar-refractivity contribution in [2.24, 2.45) is 0 Å². The van der Waals surface area contributed by atoms with Gasteiger partial charge in [-0.2, -0.15) is 0 Å². The third kappa shape index (κ3) is 5.00. The Morgan fingerprint density at radius 2 is 1.39 bits per heavy atom. The molecule has 250 valence electrons. The van der Waals surface area contributed by atoms with Crippen LogP contribution in [0.4, 0.5) is 0 Å². The van der Waals surface area contributed by atoms with E-state index in [9.17, 15) is 0 Å². The highest BCUT2D eigenvalue weighted by atomic mass is 31.2. The Bertz CT molecular complexity index is 2650. The van der Waals surface area contributed by atoms with Crippen LogP contribution in [0.15, 0.2) is 146 Å². The van der Waals surface area contributed by atoms with E-state index in [0.29, 0.717) is 17.2 Å². The third-order valence-electron chi connectivity index (χ3n) is 10.7. The van der Waals surface area contributed by atoms with Crippen molar-refractivity contribution in [2.75, 3.05) is 6.61 Å². The number of fused-ring (bicyclic) bond motifs is 7. The second-order valence-electron chi connectivity index (χ2n) is 14.1. The average molecular weight is 683 g/mol. The molecule has 0 saturated carbocycles. The van der Waals surface area contributed by atoms with Crippen LogP contribution in [0, 0.1) is 0 Å². The van der Waals surface area contributed by atoms with Crippen molar-refractivity contribution in [2.45, 2.75) is 39.0 Å². The highest BCUT2D eigenvalue weighted by Gasteiger charge is 2.36. The number of unbranched alkanes of at least 4 members (excludes halogenated alkanes) is 1. The Morgan fingerprint density at radius 1 is 0.667 bits per heavy atom. The molecule has 1 unspecified atom stereocenters. The zero-order chi connectivity index (χ0) is 34.7. The van der Waals surface area contributed by atoms with Crippen LogP contribution in [0.5, 0.6) is 0 Å². The summed E-state index contributed by atoms with van der Waals surface area (Å²) in [5.74, 6) is 0. The SMILES string of the molecule is CCCCOP(=O)(c1ccc(-c2nccc3ccccc23)cc1)c1ccc2c(c1)c1cc3c(cc1n2-c1ccccc1)C(C)(C)c1ccccc1-3. The van der Waals surface area contributed by atoms with Gasteiger partial charge >= 0.3 is 0 Å². The summed E-state index contributed by atoms with van der Waals surface area (Å²) in [6.07, 6.45) is 3.64. The van der Waals surface area contributed by atoms with Crippen molar-refractivity contribution in [3.63, 3.8) is 0 Å². The molecule has 2 aromatic heterocycles. The minimum Gasteiger partial charge on any atom is -0.322 e. The minimum absolute atomic E-state index is 0.125. The van der Waals surface area contributed by atoms with Crippen molar-refractivity contribution < 1.29 is 9.09 Å². The van der Waals surface area contributed by atoms with Crippen molar-refractivity contribution in [3.05, 3.63) is 157 Å². The summed E-state index contributed by atoms with van der Waals surface area (Å²) < 4.78 is 24.2. The van der Waals surface area contributed by atoms with E-state index in [2.05, 4.69) is 116 Å². The fraction of sp³-hybridized carbons (Fsp3) is 0.152. The van der Waals surface area contributed by atoms with Crippen LogP contribution in [0.25, 0.3) is 60.6 Å². The highest BCUT2D eigenvalue weighted by Crippen LogP contribution is 2.52. The summed E-state index contributed by atoms with van der Waals surface area (Å²) in [4.78, 5) is 4.72. The number of hydrogen-bond acceptors (Lipinski definition) is 3. The quantitative estimate of drug-likeness (QED) is 0.118. The second kappa shape index (κ2) is 12.2. The van der Waals surface area contributed by atoms with Crippen molar-refractivity contribution in [1.29, 1.82) is 0 Å². The Kier molecular flexibility index (Phi) is 7.58. The summed E-state index contributed by atoms with van der Waals surface area (Å²) in [5, 5.41) is 5.82. The molecule has 0 amide bonds. The molecule has 51 heavy (non-hydrogen) atoms. The lowest BCUT2D eigenvalue weighted by atomic mass is 9.82. The molecule has 0 spiro atoms. The topological polar surface area (TPSA) is 44.1 Å². The molecular formula is C46H39N2O2P. The number of benzene rings is 6. The van der Waals surface area contributed by atoms with E-state index < -0.39 is 7.37 Å². The fourth-order valence-corrected chi connectivity index (χ4v) is 10.1. The molecule has 0 bridgehead atoms. The zero-order valence-electron chi connectivity index (χ0n) is 29.1. The van der Waals surface area contributed by atoms with Gasteiger partial charge in [-0.15, -0.1) is 0 Å². The van der Waals surface area contributed by atoms with Crippen LogP contribution in [0.1, 0.15) is 44.7 Å². The molecular weight excluding hydrogens is 643 g/mol. The molecule has 1 aliphatic carbocycles. The van der Waals surface area contributed by atoms with E-state index in [1.807, 2.05) is 54.7 Å². The summed E-state index contributed by atoms with van der Waals surface area (Å²) >= 11 is 0. The largest absolute Gasteiger partial charge is 0.322 e. The maximum atomic E-state index is 15.4. The van der Waals surface area contributed by atoms with Gasteiger partial charge in [0.1, 0.15) is 0 Å². The van der Waals surface area contributed by atoms with Crippen molar-refractivity contribution in [3.8, 4) is 28.1 Å². The molecule has 1 aliphatic rings. The molecule has 0 radical (unpaired) electrons. The van der Waals surface area contributed by atoms with Crippen LogP contribution < -0.4 is 10.6 Å². The molecule has 0 saturated heterocycles. The van der Waals surface area contributed by atoms with Gasteiger partial charge in [-0.1, -0.05) is 106 Å². The normalized spacial score (nSPS) is 14.5. The first-order valence-electron chi connectivity index (χ1n) is 17.9. The first kappa shape index (κ1) is 31.7. The first-order chi connectivity index (χ1) is 24.9. The van der Waals surface area contributed by atoms with Crippen LogP contribution >= 0.6 is 7.37 Å². The van der Waals surface area contributed by atoms with Crippen molar-refractivity contribution >= 4 is 50.6 Å². The molecule has 6 aromatic carbocycles. The lowest BCUT2D eigenvalue weighted by molar-refractivity contribution is 0.318. The molecule has 2 heterocycles. The van der Waals surface area contributed by atoms with Gasteiger partial charge in [-0.05, 0) is 94.7 Å². The van der Waals surface area contributed by atoms with Gasteiger partial charge in [-0.3, -0.25) is 9.55 Å². The summed E-state index contributed by atoms with van der Waals surface area (Å²) in [6.45, 7) is 7.19. The minimum atomic E-state index is -3.48. The number of aromatic nitrogens is 2. The predicted molar refractivity (Wildman–Crippen MR) is 213 cm³/mol. The van der Waals surface area contributed by atoms with Gasteiger partial charge in [0.05, 0.1) is 23.3 Å². The van der Waals surface area contributed by atoms with E-state index in [0.717, 1.165) is 62.4 Å². The van der Waals surface area contributed by atoms with Crippen LogP contribution in [-0.4, -0.2) is 16.2 Å². The van der Waals surface area contributed by atoms with E-state index in [-0.39, 0.29) is 5.41 Å². The van der Waals surface area contributed by atoms with Crippen LogP contribution in [0.3, 0.4) is 0 Å². The number of rotatable bonds is 8. The first-order valence-corrected chi connectivity index (χ1v) is 19.5. The van der Waals surface area contributed by atoms with E-state index in [1.54, 1.807) is 0 Å². The Balaban J connectivity index is 1.24. The molecule has 0 N–H and O–H groups in total. The maximum absolute atomic E-state index is 15.4. The molecule has 4 nitrogen and oxygen atoms in total. The number of nitrogens with zero attached hydrogens (tertiary/aromatic N) is 2. The predicted octanol–water partition coefficient (Wildman–Crippen LogP) is 11.4. The van der Waals surface area contributed by atoms with Crippen molar-refractivity contribution in [1.82, 2.24) is 9.55 Å². The molecule has 0 fully saturated rings. The Morgan fingerprint density at radius 3 is 2.22 bits per heavy atom. The molecule has 0 aliphatic heterocycles. The lowest BCUT2D eigenvalue weighted by Gasteiger charge is -2.21. The number of pyridine rings is 1. The van der Waals surface area contributed by atoms with Gasteiger partial charge in [0.15, 0.2) is 0 Å². The molecule has 1 atom stereocenters. The summed E-state index contributed by atoms with van der Waals surface area (Å²) in [5.41, 5.74) is 10.3. The van der Waals surface area contributed by atoms with Gasteiger partial charge in [0.25, 0.3) is 7.37 Å². The molecule has 5 heteroatoms. The van der Waals surface area contributed by atoms with Crippen LogP contribution in [0.2, 0.25) is 0 Å². The van der Waals surface area contributed by atoms with Gasteiger partial charge < -0.3 is 9.09 Å². The van der Waals surface area contributed by atoms with Gasteiger partial charge in [-0.25, -0.2) is 0 Å². The molecule has 8 aromatic rings. The fourth-order valence-electron chi connectivity index (χ4n) is 8.04. The molecule has 9 rings (SSSR count). The van der Waals surface area contributed by atoms with E-state index in [1.165, 1.54) is 22.3 Å².